The molecule has 0 aliphatic rings. The minimum Gasteiger partial charge on any atom is -0.507 e. The summed E-state index contributed by atoms with van der Waals surface area (Å²) in [6.07, 6.45) is 0. The summed E-state index contributed by atoms with van der Waals surface area (Å²) in [5.41, 5.74) is 3.87. The number of phenolic OH excluding ortho intramolecular Hbond substituents is 1. The number of rotatable bonds is 4. The monoisotopic (exact) mass is 285 g/mol. The smallest absolute Gasteiger partial charge is 0.338 e. The quantitative estimate of drug-likeness (QED) is 0.845. The molecule has 110 valence electrons. The van der Waals surface area contributed by atoms with Gasteiger partial charge in [-0.25, -0.2) is 4.79 Å². The van der Waals surface area contributed by atoms with Gasteiger partial charge in [0.1, 0.15) is 5.75 Å². The first-order valence-electron chi connectivity index (χ1n) is 6.74. The molecule has 0 fully saturated rings. The molecule has 2 N–H and O–H groups in total. The Kier molecular flexibility index (Phi) is 4.48. The van der Waals surface area contributed by atoms with Crippen LogP contribution in [0, 0.1) is 13.8 Å². The third-order valence-electron chi connectivity index (χ3n) is 3.53. The van der Waals surface area contributed by atoms with E-state index in [0.29, 0.717) is 17.9 Å². The highest BCUT2D eigenvalue weighted by molar-refractivity contribution is 5.92. The van der Waals surface area contributed by atoms with Gasteiger partial charge in [0, 0.05) is 17.8 Å². The van der Waals surface area contributed by atoms with Gasteiger partial charge in [0.2, 0.25) is 0 Å². The first-order valence-corrected chi connectivity index (χ1v) is 6.74. The number of aromatic hydroxyl groups is 1. The zero-order valence-corrected chi connectivity index (χ0v) is 12.4. The van der Waals surface area contributed by atoms with Gasteiger partial charge in [-0.2, -0.15) is 0 Å². The molecule has 2 aromatic carbocycles. The summed E-state index contributed by atoms with van der Waals surface area (Å²) in [4.78, 5) is 11.7. The molecule has 4 heteroatoms. The average molecular weight is 285 g/mol. The van der Waals surface area contributed by atoms with Gasteiger partial charge in [-0.3, -0.25) is 0 Å². The minimum atomic E-state index is -0.352. The Labute approximate surface area is 124 Å². The molecule has 0 aliphatic heterocycles. The molecule has 0 unspecified atom stereocenters. The van der Waals surface area contributed by atoms with Gasteiger partial charge in [-0.15, -0.1) is 0 Å². The second-order valence-electron chi connectivity index (χ2n) is 4.91. The van der Waals surface area contributed by atoms with Crippen LogP contribution in [0.1, 0.15) is 27.0 Å². The molecule has 2 rings (SSSR count). The van der Waals surface area contributed by atoms with Crippen molar-refractivity contribution in [3.8, 4) is 5.75 Å². The van der Waals surface area contributed by atoms with Crippen LogP contribution >= 0.6 is 0 Å². The Morgan fingerprint density at radius 3 is 2.62 bits per heavy atom. The highest BCUT2D eigenvalue weighted by Gasteiger charge is 2.12. The Bertz CT molecular complexity index is 665. The van der Waals surface area contributed by atoms with Crippen LogP contribution in [-0.4, -0.2) is 18.2 Å². The van der Waals surface area contributed by atoms with Crippen molar-refractivity contribution in [3.63, 3.8) is 0 Å². The normalized spacial score (nSPS) is 10.2. The molecule has 0 heterocycles. The van der Waals surface area contributed by atoms with E-state index in [1.54, 1.807) is 12.1 Å². The van der Waals surface area contributed by atoms with Crippen molar-refractivity contribution >= 4 is 11.7 Å². The van der Waals surface area contributed by atoms with Crippen molar-refractivity contribution in [2.75, 3.05) is 12.4 Å². The highest BCUT2D eigenvalue weighted by atomic mass is 16.5. The predicted octanol–water partition coefficient (Wildman–Crippen LogP) is 3.41. The Balaban J connectivity index is 2.21. The molecule has 0 aromatic heterocycles. The fourth-order valence-corrected chi connectivity index (χ4v) is 2.21. The van der Waals surface area contributed by atoms with E-state index in [1.807, 2.05) is 38.1 Å². The lowest BCUT2D eigenvalue weighted by atomic mass is 10.1. The first kappa shape index (κ1) is 14.9. The lowest BCUT2D eigenvalue weighted by molar-refractivity contribution is 0.0600. The second-order valence-corrected chi connectivity index (χ2v) is 4.91. The molecular weight excluding hydrogens is 266 g/mol. The third-order valence-corrected chi connectivity index (χ3v) is 3.53. The van der Waals surface area contributed by atoms with Gasteiger partial charge in [-0.05, 0) is 37.1 Å². The van der Waals surface area contributed by atoms with Gasteiger partial charge in [-0.1, -0.05) is 24.3 Å². The second kappa shape index (κ2) is 6.31. The average Bonchev–Trinajstić information content (AvgIpc) is 2.49. The number of aryl methyl sites for hydroxylation is 1. The van der Waals surface area contributed by atoms with Gasteiger partial charge in [0.15, 0.2) is 0 Å². The van der Waals surface area contributed by atoms with Crippen molar-refractivity contribution in [3.05, 3.63) is 58.7 Å². The number of benzene rings is 2. The van der Waals surface area contributed by atoms with Crippen LogP contribution in [0.3, 0.4) is 0 Å². The standard InChI is InChI=1S/C17H19NO3/c1-11-6-4-7-13(16(11)19)10-18-15-9-5-8-14(12(15)2)17(20)21-3/h4-9,18-19H,10H2,1-3H3. The van der Waals surface area contributed by atoms with E-state index < -0.39 is 0 Å². The summed E-state index contributed by atoms with van der Waals surface area (Å²) in [6.45, 7) is 4.21. The molecule has 21 heavy (non-hydrogen) atoms. The molecule has 0 bridgehead atoms. The number of ether oxygens (including phenoxy) is 1. The number of nitrogens with one attached hydrogen (secondary N) is 1. The molecule has 0 amide bonds. The van der Waals surface area contributed by atoms with Crippen LogP contribution in [0.15, 0.2) is 36.4 Å². The molecule has 2 aromatic rings. The molecule has 0 saturated heterocycles. The number of carbonyl (C=O) groups is 1. The number of esters is 1. The van der Waals surface area contributed by atoms with E-state index in [2.05, 4.69) is 5.32 Å². The molecule has 4 nitrogen and oxygen atoms in total. The largest absolute Gasteiger partial charge is 0.507 e. The predicted molar refractivity (Wildman–Crippen MR) is 82.7 cm³/mol. The number of methoxy groups -OCH3 is 1. The number of anilines is 1. The SMILES string of the molecule is COC(=O)c1cccc(NCc2cccc(C)c2O)c1C. The van der Waals surface area contributed by atoms with Crippen molar-refractivity contribution in [1.29, 1.82) is 0 Å². The zero-order valence-electron chi connectivity index (χ0n) is 12.4. The van der Waals surface area contributed by atoms with E-state index in [0.717, 1.165) is 22.4 Å². The summed E-state index contributed by atoms with van der Waals surface area (Å²) >= 11 is 0. The van der Waals surface area contributed by atoms with E-state index in [-0.39, 0.29) is 5.97 Å². The molecule has 0 spiro atoms. The van der Waals surface area contributed by atoms with Crippen LogP contribution in [0.4, 0.5) is 5.69 Å². The van der Waals surface area contributed by atoms with Crippen LogP contribution in [0.2, 0.25) is 0 Å². The lowest BCUT2D eigenvalue weighted by Crippen LogP contribution is -2.07. The number of carbonyl (C=O) groups excluding carboxylic acids is 1. The summed E-state index contributed by atoms with van der Waals surface area (Å²) in [6, 6.07) is 11.1. The summed E-state index contributed by atoms with van der Waals surface area (Å²) in [5, 5.41) is 13.3. The first-order chi connectivity index (χ1) is 10.0. The van der Waals surface area contributed by atoms with E-state index in [9.17, 15) is 9.90 Å². The summed E-state index contributed by atoms with van der Waals surface area (Å²) in [7, 11) is 1.37. The van der Waals surface area contributed by atoms with E-state index in [1.165, 1.54) is 7.11 Å². The number of phenols is 1. The van der Waals surface area contributed by atoms with Crippen molar-refractivity contribution < 1.29 is 14.6 Å². The van der Waals surface area contributed by atoms with Gasteiger partial charge in [0.05, 0.1) is 12.7 Å². The summed E-state index contributed by atoms with van der Waals surface area (Å²) < 4.78 is 4.76. The van der Waals surface area contributed by atoms with Crippen molar-refractivity contribution in [2.24, 2.45) is 0 Å². The van der Waals surface area contributed by atoms with Crippen LogP contribution in [0.25, 0.3) is 0 Å². The van der Waals surface area contributed by atoms with Crippen LogP contribution < -0.4 is 5.32 Å². The molecular formula is C17H19NO3. The third kappa shape index (κ3) is 3.16. The van der Waals surface area contributed by atoms with Crippen LogP contribution in [-0.2, 0) is 11.3 Å². The van der Waals surface area contributed by atoms with Crippen molar-refractivity contribution in [1.82, 2.24) is 0 Å². The Morgan fingerprint density at radius 1 is 1.19 bits per heavy atom. The Morgan fingerprint density at radius 2 is 1.90 bits per heavy atom. The Hall–Kier alpha value is -2.49. The highest BCUT2D eigenvalue weighted by Crippen LogP contribution is 2.24. The molecule has 0 radical (unpaired) electrons. The maximum Gasteiger partial charge on any atom is 0.338 e. The maximum absolute atomic E-state index is 11.7. The number of para-hydroxylation sites is 1. The lowest BCUT2D eigenvalue weighted by Gasteiger charge is -2.13. The van der Waals surface area contributed by atoms with E-state index >= 15 is 0 Å². The van der Waals surface area contributed by atoms with Gasteiger partial charge >= 0.3 is 5.97 Å². The molecule has 0 atom stereocenters. The molecule has 0 saturated carbocycles. The fourth-order valence-electron chi connectivity index (χ4n) is 2.21. The van der Waals surface area contributed by atoms with E-state index in [4.69, 9.17) is 4.74 Å². The minimum absolute atomic E-state index is 0.298. The maximum atomic E-state index is 11.7. The topological polar surface area (TPSA) is 58.6 Å². The number of hydrogen-bond acceptors (Lipinski definition) is 4. The van der Waals surface area contributed by atoms with Gasteiger partial charge < -0.3 is 15.2 Å². The number of hydrogen-bond donors (Lipinski definition) is 2. The molecule has 0 aliphatic carbocycles. The van der Waals surface area contributed by atoms with Crippen LogP contribution in [0.5, 0.6) is 5.75 Å². The van der Waals surface area contributed by atoms with Gasteiger partial charge in [0.25, 0.3) is 0 Å². The zero-order chi connectivity index (χ0) is 15.4. The summed E-state index contributed by atoms with van der Waals surface area (Å²) in [5.74, 6) is -0.0543. The fraction of sp³-hybridized carbons (Fsp3) is 0.235. The van der Waals surface area contributed by atoms with Crippen molar-refractivity contribution in [2.45, 2.75) is 20.4 Å².